The normalized spacial score (nSPS) is 15.3. The molecule has 1 N–H and O–H groups in total. The highest BCUT2D eigenvalue weighted by Crippen LogP contribution is 2.26. The van der Waals surface area contributed by atoms with Crippen LogP contribution in [0.4, 0.5) is 5.69 Å². The Bertz CT molecular complexity index is 1410. The van der Waals surface area contributed by atoms with Gasteiger partial charge in [-0.05, 0) is 52.2 Å². The van der Waals surface area contributed by atoms with E-state index in [1.165, 1.54) is 0 Å². The second kappa shape index (κ2) is 9.01. The molecule has 1 amide bonds. The lowest BCUT2D eigenvalue weighted by atomic mass is 9.88. The van der Waals surface area contributed by atoms with Gasteiger partial charge in [-0.15, -0.1) is 0 Å². The number of allylic oxidation sites excluding steroid dienone is 1. The maximum Gasteiger partial charge on any atom is 0.255 e. The van der Waals surface area contributed by atoms with Crippen LogP contribution in [-0.4, -0.2) is 22.4 Å². The number of carbonyl (C=O) groups is 2. The Morgan fingerprint density at radius 2 is 1.79 bits per heavy atom. The number of fused-ring (bicyclic) bond motifs is 1. The van der Waals surface area contributed by atoms with Gasteiger partial charge in [0, 0.05) is 36.3 Å². The number of nitrogens with zero attached hydrogens (tertiary/aromatic N) is 2. The predicted molar refractivity (Wildman–Crippen MR) is 131 cm³/mol. The summed E-state index contributed by atoms with van der Waals surface area (Å²) >= 11 is 0. The van der Waals surface area contributed by atoms with Gasteiger partial charge in [0.15, 0.2) is 5.78 Å². The Labute approximate surface area is 191 Å². The van der Waals surface area contributed by atoms with Gasteiger partial charge in [0.1, 0.15) is 0 Å². The molecule has 0 saturated heterocycles. The molecule has 1 unspecified atom stereocenters. The van der Waals surface area contributed by atoms with Crippen molar-refractivity contribution in [2.75, 3.05) is 5.32 Å². The molecule has 1 aliphatic rings. The third-order valence-electron chi connectivity index (χ3n) is 5.69. The zero-order chi connectivity index (χ0) is 22.6. The lowest BCUT2D eigenvalue weighted by Crippen LogP contribution is -2.25. The van der Waals surface area contributed by atoms with Crippen molar-refractivity contribution in [3.8, 4) is 0 Å². The van der Waals surface area contributed by atoms with E-state index in [1.54, 1.807) is 24.7 Å². The van der Waals surface area contributed by atoms with E-state index in [0.29, 0.717) is 23.4 Å². The number of rotatable bonds is 5. The number of aromatic nitrogens is 1. The second-order valence-corrected chi connectivity index (χ2v) is 7.94. The molecule has 33 heavy (non-hydrogen) atoms. The molecular weight excluding hydrogens is 410 g/mol. The predicted octanol–water partition coefficient (Wildman–Crippen LogP) is 5.35. The van der Waals surface area contributed by atoms with Gasteiger partial charge in [-0.25, -0.2) is 0 Å². The molecule has 2 heterocycles. The third kappa shape index (κ3) is 4.48. The molecule has 160 valence electrons. The number of ketones is 1. The lowest BCUT2D eigenvalue weighted by Gasteiger charge is -2.18. The summed E-state index contributed by atoms with van der Waals surface area (Å²) in [5.74, 6) is -0.673. The summed E-state index contributed by atoms with van der Waals surface area (Å²) in [6.07, 6.45) is 7.35. The molecule has 0 bridgehead atoms. The van der Waals surface area contributed by atoms with E-state index in [4.69, 9.17) is 0 Å². The number of Topliss-reactive ketones (excluding diaryl/α,β-unsaturated/α-hetero) is 1. The van der Waals surface area contributed by atoms with E-state index in [1.807, 2.05) is 78.9 Å². The molecule has 5 rings (SSSR count). The maximum atomic E-state index is 13.1. The molecule has 0 spiro atoms. The number of carbonyl (C=O) groups excluding carboxylic acids is 2. The Morgan fingerprint density at radius 1 is 0.909 bits per heavy atom. The number of benzene rings is 3. The van der Waals surface area contributed by atoms with Crippen LogP contribution < -0.4 is 5.32 Å². The first kappa shape index (κ1) is 20.5. The van der Waals surface area contributed by atoms with Crippen molar-refractivity contribution in [3.63, 3.8) is 0 Å². The van der Waals surface area contributed by atoms with Crippen molar-refractivity contribution in [1.29, 1.82) is 0 Å². The molecule has 5 heteroatoms. The lowest BCUT2D eigenvalue weighted by molar-refractivity contribution is -0.113. The van der Waals surface area contributed by atoms with Crippen LogP contribution in [0.1, 0.15) is 27.4 Å². The molecule has 1 aromatic heterocycles. The van der Waals surface area contributed by atoms with E-state index < -0.39 is 5.92 Å². The van der Waals surface area contributed by atoms with Crippen LogP contribution in [0.3, 0.4) is 0 Å². The standard InChI is InChI=1S/C28H21N3O2/c32-27-25(12-14-30-26(27)15-19-5-4-13-29-18-19)22-8-3-9-24(17-22)31-28(33)23-11-10-20-6-1-2-7-21(20)16-23/h1-14,16-18,25H,15H2,(H,31,33). The molecule has 3 aromatic carbocycles. The quantitative estimate of drug-likeness (QED) is 0.463. The van der Waals surface area contributed by atoms with Crippen molar-refractivity contribution >= 4 is 33.9 Å². The summed E-state index contributed by atoms with van der Waals surface area (Å²) in [6.45, 7) is 0. The molecule has 4 aromatic rings. The van der Waals surface area contributed by atoms with Crippen molar-refractivity contribution in [2.45, 2.75) is 12.3 Å². The van der Waals surface area contributed by atoms with Gasteiger partial charge in [-0.1, -0.05) is 54.6 Å². The number of aliphatic imine (C=N–C) groups is 1. The fourth-order valence-corrected chi connectivity index (χ4v) is 3.98. The SMILES string of the molecule is O=C(Nc1cccc(C2C=CN=C(Cc3cccnc3)C2=O)c1)c1ccc2ccccc2c1. The Balaban J connectivity index is 1.33. The summed E-state index contributed by atoms with van der Waals surface area (Å²) in [4.78, 5) is 34.4. The van der Waals surface area contributed by atoms with E-state index in [0.717, 1.165) is 21.9 Å². The third-order valence-corrected chi connectivity index (χ3v) is 5.69. The number of anilines is 1. The molecule has 5 nitrogen and oxygen atoms in total. The van der Waals surface area contributed by atoms with Gasteiger partial charge in [-0.3, -0.25) is 19.6 Å². The van der Waals surface area contributed by atoms with Crippen LogP contribution in [0.15, 0.2) is 109 Å². The minimum Gasteiger partial charge on any atom is -0.322 e. The van der Waals surface area contributed by atoms with Crippen molar-refractivity contribution in [3.05, 3.63) is 120 Å². The van der Waals surface area contributed by atoms with E-state index >= 15 is 0 Å². The minimum atomic E-state index is -0.438. The van der Waals surface area contributed by atoms with Gasteiger partial charge in [0.25, 0.3) is 5.91 Å². The minimum absolute atomic E-state index is 0.0423. The Kier molecular flexibility index (Phi) is 5.60. The highest BCUT2D eigenvalue weighted by molar-refractivity contribution is 6.43. The maximum absolute atomic E-state index is 13.1. The van der Waals surface area contributed by atoms with Gasteiger partial charge in [0.2, 0.25) is 0 Å². The number of nitrogens with one attached hydrogen (secondary N) is 1. The van der Waals surface area contributed by atoms with Crippen molar-refractivity contribution < 1.29 is 9.59 Å². The van der Waals surface area contributed by atoms with Crippen LogP contribution in [0.2, 0.25) is 0 Å². The summed E-state index contributed by atoms with van der Waals surface area (Å²) in [5, 5.41) is 5.05. The summed E-state index contributed by atoms with van der Waals surface area (Å²) < 4.78 is 0. The first-order chi connectivity index (χ1) is 16.2. The van der Waals surface area contributed by atoms with E-state index in [-0.39, 0.29) is 11.7 Å². The molecule has 0 radical (unpaired) electrons. The van der Waals surface area contributed by atoms with Crippen LogP contribution in [0, 0.1) is 0 Å². The van der Waals surface area contributed by atoms with E-state index in [9.17, 15) is 9.59 Å². The van der Waals surface area contributed by atoms with E-state index in [2.05, 4.69) is 15.3 Å². The Hall–Kier alpha value is -4.38. The zero-order valence-electron chi connectivity index (χ0n) is 17.8. The molecular formula is C28H21N3O2. The monoisotopic (exact) mass is 431 g/mol. The average Bonchev–Trinajstić information content (AvgIpc) is 2.86. The summed E-state index contributed by atoms with van der Waals surface area (Å²) in [7, 11) is 0. The smallest absolute Gasteiger partial charge is 0.255 e. The zero-order valence-corrected chi connectivity index (χ0v) is 17.8. The van der Waals surface area contributed by atoms with Gasteiger partial charge < -0.3 is 5.32 Å². The largest absolute Gasteiger partial charge is 0.322 e. The highest BCUT2D eigenvalue weighted by atomic mass is 16.1. The first-order valence-electron chi connectivity index (χ1n) is 10.7. The van der Waals surface area contributed by atoms with Crippen LogP contribution >= 0.6 is 0 Å². The van der Waals surface area contributed by atoms with Crippen molar-refractivity contribution in [2.24, 2.45) is 4.99 Å². The summed E-state index contributed by atoms with van der Waals surface area (Å²) in [6, 6.07) is 24.7. The average molecular weight is 431 g/mol. The summed E-state index contributed by atoms with van der Waals surface area (Å²) in [5.41, 5.74) is 3.48. The highest BCUT2D eigenvalue weighted by Gasteiger charge is 2.25. The fraction of sp³-hybridized carbons (Fsp3) is 0.0714. The van der Waals surface area contributed by atoms with Gasteiger partial charge >= 0.3 is 0 Å². The van der Waals surface area contributed by atoms with Crippen LogP contribution in [-0.2, 0) is 11.2 Å². The number of pyridine rings is 1. The molecule has 1 aliphatic heterocycles. The molecule has 0 saturated carbocycles. The van der Waals surface area contributed by atoms with Gasteiger partial charge in [0.05, 0.1) is 11.6 Å². The van der Waals surface area contributed by atoms with Crippen molar-refractivity contribution in [1.82, 2.24) is 4.98 Å². The molecule has 0 aliphatic carbocycles. The number of hydrogen-bond donors (Lipinski definition) is 1. The van der Waals surface area contributed by atoms with Gasteiger partial charge in [-0.2, -0.15) is 0 Å². The number of hydrogen-bond acceptors (Lipinski definition) is 4. The molecule has 1 atom stereocenters. The fourth-order valence-electron chi connectivity index (χ4n) is 3.98. The van der Waals surface area contributed by atoms with Crippen LogP contribution in [0.5, 0.6) is 0 Å². The van der Waals surface area contributed by atoms with Crippen LogP contribution in [0.25, 0.3) is 10.8 Å². The second-order valence-electron chi connectivity index (χ2n) is 7.94. The first-order valence-corrected chi connectivity index (χ1v) is 10.7. The molecule has 0 fully saturated rings. The number of amides is 1. The topological polar surface area (TPSA) is 71.4 Å². The Morgan fingerprint density at radius 3 is 2.64 bits per heavy atom.